The molecule has 532 valence electrons. The number of nitrogens with one attached hydrogen (secondary N) is 4. The summed E-state index contributed by atoms with van der Waals surface area (Å²) in [5.41, 5.74) is 8.93. The highest BCUT2D eigenvalue weighted by Crippen LogP contribution is 2.33. The lowest BCUT2D eigenvalue weighted by Crippen LogP contribution is -3.00. The van der Waals surface area contributed by atoms with Gasteiger partial charge in [-0.15, -0.1) is 0 Å². The Morgan fingerprint density at radius 3 is 1.28 bits per heavy atom. The fourth-order valence-corrected chi connectivity index (χ4v) is 8.90. The minimum Gasteiger partial charge on any atom is -1.00 e. The summed E-state index contributed by atoms with van der Waals surface area (Å²) >= 11 is 25.4. The summed E-state index contributed by atoms with van der Waals surface area (Å²) in [6, 6.07) is 42.4. The molecule has 3 aromatic heterocycles. The van der Waals surface area contributed by atoms with Crippen molar-refractivity contribution in [3.63, 3.8) is 0 Å². The minimum atomic E-state index is -0.571. The van der Waals surface area contributed by atoms with Gasteiger partial charge >= 0.3 is 5.91 Å². The first-order chi connectivity index (χ1) is 48.4. The van der Waals surface area contributed by atoms with Crippen LogP contribution in [0.4, 0.5) is 28.4 Å². The van der Waals surface area contributed by atoms with Crippen LogP contribution in [-0.2, 0) is 53.2 Å². The van der Waals surface area contributed by atoms with E-state index in [4.69, 9.17) is 97.2 Å². The molecule has 7 N–H and O–H groups in total. The summed E-state index contributed by atoms with van der Waals surface area (Å²) < 4.78 is 49.7. The molecule has 0 saturated heterocycles. The third-order valence-corrected chi connectivity index (χ3v) is 14.2. The summed E-state index contributed by atoms with van der Waals surface area (Å²) in [6.07, 6.45) is 7.53. The van der Waals surface area contributed by atoms with Crippen molar-refractivity contribution in [2.75, 3.05) is 67.5 Å². The first kappa shape index (κ1) is 85.7. The lowest BCUT2D eigenvalue weighted by molar-refractivity contribution is -0.282. The largest absolute Gasteiger partial charge is 1.00 e. The Balaban J connectivity index is 0.000000348. The zero-order valence-corrected chi connectivity index (χ0v) is 62.1. The van der Waals surface area contributed by atoms with E-state index in [1.54, 1.807) is 92.2 Å². The number of rotatable bonds is 29. The van der Waals surface area contributed by atoms with Crippen LogP contribution >= 0.6 is 66.7 Å². The molecule has 0 radical (unpaired) electrons. The van der Waals surface area contributed by atoms with Gasteiger partial charge in [0.25, 0.3) is 36.2 Å². The van der Waals surface area contributed by atoms with E-state index in [0.717, 1.165) is 43.7 Å². The standard InChI is InChI=1S/C24H20BrClN4O3.C18H16ClN3O3.C15H12ClN3O2.C8H10BrNO.C7H16O3.ClH/c1-3-32-23-13-16(7-9-19(23)25)29-14-21(27-2)24(31)30-17-8-10-22(20(26)12-17)33-15-18-6-4-5-11-28-18;1-3-24-12-16(20-2)18(23)22-13-7-8-17(15(19)10-13)25-11-14-6-4-5-9-21-14;1-17-9-15(20)19-11-5-6-14(13(16)8-11)21-10-12-4-2-3-7-18-12;1-2-11-8-5-6(10)3-4-7(8)9;1-4-8-7(9-5-2)10-6-3;/h4-14,29H,3,15H2,1H3,(H,30,31);4-10,12H,3,11H2,1H3,(H,22,23);2-8H,9-10H2,(H,19,20);3-5H,2,10H2,1H3;7H,4-6H2,1-3H3;1H/b21-14-;16-12+;;;;. The van der Waals surface area contributed by atoms with Crippen molar-refractivity contribution < 1.29 is 75.2 Å². The van der Waals surface area contributed by atoms with Gasteiger partial charge in [0, 0.05) is 85.6 Å². The third kappa shape index (κ3) is 33.5. The number of hydrogen-bond acceptors (Lipinski definition) is 16. The predicted octanol–water partition coefficient (Wildman–Crippen LogP) is 13.6. The van der Waals surface area contributed by atoms with Crippen LogP contribution in [0.2, 0.25) is 15.1 Å². The number of hydrogen-bond donors (Lipinski definition) is 5. The summed E-state index contributed by atoms with van der Waals surface area (Å²) in [5.74, 6) is 1.45. The lowest BCUT2D eigenvalue weighted by atomic mass is 10.2. The van der Waals surface area contributed by atoms with Crippen molar-refractivity contribution in [2.24, 2.45) is 0 Å². The van der Waals surface area contributed by atoms with Crippen LogP contribution in [0.1, 0.15) is 58.6 Å². The molecule has 5 aromatic carbocycles. The number of carbonyl (C=O) groups is 3. The lowest BCUT2D eigenvalue weighted by Gasteiger charge is -2.15. The Bertz CT molecular complexity index is 4030. The zero-order chi connectivity index (χ0) is 72.9. The van der Waals surface area contributed by atoms with Crippen molar-refractivity contribution in [2.45, 2.75) is 67.8 Å². The van der Waals surface area contributed by atoms with Crippen LogP contribution < -0.4 is 63.1 Å². The maximum atomic E-state index is 12.5. The Labute approximate surface area is 626 Å². The highest BCUT2D eigenvalue weighted by atomic mass is 79.9. The number of carbonyl (C=O) groups excluding carboxylic acids is 3. The second-order valence-electron chi connectivity index (χ2n) is 19.3. The summed E-state index contributed by atoms with van der Waals surface area (Å²) in [5, 5.41) is 11.8. The van der Waals surface area contributed by atoms with Gasteiger partial charge in [-0.3, -0.25) is 29.3 Å². The number of halogens is 6. The Hall–Kier alpha value is -9.53. The predicted molar refractivity (Wildman–Crippen MR) is 394 cm³/mol. The average molecular weight is 1590 g/mol. The van der Waals surface area contributed by atoms with E-state index in [1.165, 1.54) is 6.20 Å². The highest BCUT2D eigenvalue weighted by molar-refractivity contribution is 9.11. The molecule has 0 unspecified atom stereocenters. The highest BCUT2D eigenvalue weighted by Gasteiger charge is 2.16. The summed E-state index contributed by atoms with van der Waals surface area (Å²) in [6.45, 7) is 35.9. The maximum Gasteiger partial charge on any atom is 0.304 e. The second-order valence-corrected chi connectivity index (χ2v) is 22.3. The van der Waals surface area contributed by atoms with Crippen LogP contribution in [0.3, 0.4) is 0 Å². The van der Waals surface area contributed by atoms with Gasteiger partial charge in [0.05, 0.1) is 80.3 Å². The van der Waals surface area contributed by atoms with Gasteiger partial charge in [0.2, 0.25) is 0 Å². The van der Waals surface area contributed by atoms with Gasteiger partial charge < -0.3 is 86.9 Å². The van der Waals surface area contributed by atoms with Crippen LogP contribution in [0, 0.1) is 19.7 Å². The smallest absolute Gasteiger partial charge is 0.304 e. The van der Waals surface area contributed by atoms with Gasteiger partial charge in [0.15, 0.2) is 0 Å². The van der Waals surface area contributed by atoms with Crippen molar-refractivity contribution in [3.05, 3.63) is 263 Å². The number of anilines is 4. The number of aromatic nitrogens is 3. The molecule has 0 bridgehead atoms. The number of amides is 3. The molecule has 29 heteroatoms. The second kappa shape index (κ2) is 49.9. The quantitative estimate of drug-likeness (QED) is 0.0126. The number of benzene rings is 5. The molecule has 3 amide bonds. The molecule has 101 heavy (non-hydrogen) atoms. The first-order valence-electron chi connectivity index (χ1n) is 30.7. The van der Waals surface area contributed by atoms with Gasteiger partial charge in [-0.2, -0.15) is 0 Å². The van der Waals surface area contributed by atoms with E-state index in [-0.39, 0.29) is 49.5 Å². The number of quaternary nitrogens is 1. The third-order valence-electron chi connectivity index (χ3n) is 12.0. The van der Waals surface area contributed by atoms with Crippen LogP contribution in [0.5, 0.6) is 28.7 Å². The van der Waals surface area contributed by atoms with Crippen LogP contribution in [0.15, 0.2) is 197 Å². The minimum absolute atomic E-state index is 0. The van der Waals surface area contributed by atoms with E-state index in [2.05, 4.69) is 88.3 Å². The average Bonchev–Trinajstić information content (AvgIpc) is 0.894. The molecule has 0 aliphatic carbocycles. The zero-order valence-electron chi connectivity index (χ0n) is 55.9. The van der Waals surface area contributed by atoms with E-state index in [9.17, 15) is 14.4 Å². The van der Waals surface area contributed by atoms with Crippen LogP contribution in [-0.4, -0.2) is 85.3 Å². The number of pyridine rings is 3. The number of ether oxygens (including phenoxy) is 9. The molecule has 8 rings (SSSR count). The van der Waals surface area contributed by atoms with Crippen molar-refractivity contribution >= 4 is 113 Å². The van der Waals surface area contributed by atoms with E-state index < -0.39 is 18.3 Å². The molecule has 3 heterocycles. The molecule has 0 fully saturated rings. The fourth-order valence-electron chi connectivity index (χ4n) is 7.47. The summed E-state index contributed by atoms with van der Waals surface area (Å²) in [7, 11) is 0. The molecule has 0 saturated carbocycles. The topological polar surface area (TPSA) is 262 Å². The van der Waals surface area contributed by atoms with Gasteiger partial charge in [-0.25, -0.2) is 16.3 Å². The molecule has 8 aromatic rings. The Morgan fingerprint density at radius 2 is 0.901 bits per heavy atom. The monoisotopic (exact) mass is 1580 g/mol. The van der Waals surface area contributed by atoms with Crippen LogP contribution in [0.25, 0.3) is 14.5 Å². The molecule has 0 aliphatic rings. The number of nitrogens with zero attached hydrogens (tertiary/aromatic N) is 6. The van der Waals surface area contributed by atoms with E-state index in [1.807, 2.05) is 113 Å². The van der Waals surface area contributed by atoms with Crippen molar-refractivity contribution in [1.82, 2.24) is 15.0 Å². The van der Waals surface area contributed by atoms with Crippen molar-refractivity contribution in [1.29, 1.82) is 0 Å². The first-order valence-corrected chi connectivity index (χ1v) is 33.4. The molecular formula is C72H75Br2Cl4N11O12. The van der Waals surface area contributed by atoms with Crippen molar-refractivity contribution in [3.8, 4) is 28.7 Å². The van der Waals surface area contributed by atoms with E-state index in [0.29, 0.717) is 107 Å². The SMILES string of the molecule is CCOC(OCC)OCC.CCOc1cc([NH3+])ccc1Br.[C-]#[N+]/C(=C/OCC)C(=O)Nc1ccc(OCc2ccccn2)c(Cl)c1.[C-]#[N+]/C(=C\Nc1ccc(Br)c(OCC)c1)C(=O)Nc1ccc(OCc2ccccn2)c(Cl)c1.[C-]#[N+]CC(=O)Nc1ccc(OCc2ccccn2)c(Cl)c1.[Cl-]. The molecule has 23 nitrogen and oxygen atoms in total. The normalized spacial score (nSPS) is 10.3. The molecule has 0 spiro atoms. The summed E-state index contributed by atoms with van der Waals surface area (Å²) in [4.78, 5) is 57.8. The Kier molecular flexibility index (Phi) is 42.3. The Morgan fingerprint density at radius 1 is 0.495 bits per heavy atom. The molecular weight excluding hydrogens is 1510 g/mol. The van der Waals surface area contributed by atoms with Gasteiger partial charge in [-0.1, -0.05) is 53.0 Å². The fraction of sp³-hybridized carbons (Fsp3) is 0.236. The molecule has 0 aliphatic heterocycles. The maximum absolute atomic E-state index is 12.5. The van der Waals surface area contributed by atoms with Gasteiger partial charge in [0.1, 0.15) is 54.3 Å². The van der Waals surface area contributed by atoms with E-state index >= 15 is 0 Å². The molecule has 0 atom stereocenters. The van der Waals surface area contributed by atoms with Gasteiger partial charge in [-0.05, 0) is 183 Å².